The maximum absolute atomic E-state index is 13.8. The Morgan fingerprint density at radius 2 is 1.60 bits per heavy atom. The molecule has 14 heteroatoms. The molecule has 2 heterocycles. The number of hydrogen-bond acceptors (Lipinski definition) is 5. The Kier molecular flexibility index (Phi) is 6.52. The van der Waals surface area contributed by atoms with Crippen LogP contribution in [0.25, 0.3) is 11.7 Å². The van der Waals surface area contributed by atoms with Gasteiger partial charge in [0.25, 0.3) is 5.91 Å². The van der Waals surface area contributed by atoms with Crippen LogP contribution in [0.1, 0.15) is 27.4 Å². The van der Waals surface area contributed by atoms with Crippen molar-refractivity contribution in [1.29, 1.82) is 0 Å². The number of fused-ring (bicyclic) bond motifs is 1. The molecule has 0 atom stereocenters. The summed E-state index contributed by atoms with van der Waals surface area (Å²) in [4.78, 5) is 16.4. The summed E-state index contributed by atoms with van der Waals surface area (Å²) in [5.41, 5.74) is -0.135. The van der Waals surface area contributed by atoms with E-state index in [1.54, 1.807) is 13.0 Å². The third-order valence-electron chi connectivity index (χ3n) is 4.93. The molecule has 0 fully saturated rings. The zero-order valence-electron chi connectivity index (χ0n) is 17.4. The van der Waals surface area contributed by atoms with Gasteiger partial charge in [-0.2, -0.15) is 5.10 Å². The van der Waals surface area contributed by atoms with Gasteiger partial charge in [-0.1, -0.05) is 23.2 Å². The molecule has 4 aromatic rings. The van der Waals surface area contributed by atoms with Crippen molar-refractivity contribution >= 4 is 40.8 Å². The van der Waals surface area contributed by atoms with Crippen molar-refractivity contribution in [3.8, 4) is 5.75 Å². The lowest BCUT2D eigenvalue weighted by Gasteiger charge is -2.08. The number of carbonyl (C=O) groups is 1. The predicted molar refractivity (Wildman–Crippen MR) is 115 cm³/mol. The lowest BCUT2D eigenvalue weighted by atomic mass is 10.1. The van der Waals surface area contributed by atoms with E-state index in [0.717, 1.165) is 0 Å². The highest BCUT2D eigenvalue weighted by atomic mass is 35.5. The molecule has 0 saturated heterocycles. The van der Waals surface area contributed by atoms with Gasteiger partial charge in [0.2, 0.25) is 5.82 Å². The molecule has 1 amide bonds. The number of aryl methyl sites for hydroxylation is 1. The first kappa shape index (κ1) is 24.6. The van der Waals surface area contributed by atoms with E-state index in [-0.39, 0.29) is 34.6 Å². The van der Waals surface area contributed by atoms with Crippen molar-refractivity contribution in [2.24, 2.45) is 0 Å². The number of carbonyl (C=O) groups excluding carboxylic acids is 1. The van der Waals surface area contributed by atoms with Crippen molar-refractivity contribution in [2.45, 2.75) is 13.3 Å². The highest BCUT2D eigenvalue weighted by molar-refractivity contribution is 6.37. The number of aromatic hydroxyl groups is 1. The second kappa shape index (κ2) is 9.27. The summed E-state index contributed by atoms with van der Waals surface area (Å²) in [7, 11) is 0. The quantitative estimate of drug-likeness (QED) is 0.233. The molecule has 0 unspecified atom stereocenters. The lowest BCUT2D eigenvalue weighted by molar-refractivity contribution is 0.0942. The molecule has 7 nitrogen and oxygen atoms in total. The van der Waals surface area contributed by atoms with Crippen LogP contribution in [-0.4, -0.2) is 37.4 Å². The molecular formula is C21H12Cl2F5N5O2. The summed E-state index contributed by atoms with van der Waals surface area (Å²) >= 11 is 11.9. The molecule has 0 radical (unpaired) electrons. The number of amides is 1. The number of rotatable bonds is 5. The van der Waals surface area contributed by atoms with Crippen molar-refractivity contribution in [2.75, 3.05) is 6.54 Å². The van der Waals surface area contributed by atoms with E-state index in [0.29, 0.717) is 22.1 Å². The first-order valence-electron chi connectivity index (χ1n) is 9.71. The molecule has 0 spiro atoms. The SMILES string of the molecule is Cc1nn2nc(CCNC(=O)c3c(F)c(F)c(F)c(F)c3F)nc2c1=Cc1cc(Cl)c(O)c(Cl)c1. The van der Waals surface area contributed by atoms with E-state index in [4.69, 9.17) is 23.2 Å². The van der Waals surface area contributed by atoms with Gasteiger partial charge in [0.1, 0.15) is 5.56 Å². The average molecular weight is 532 g/mol. The molecule has 35 heavy (non-hydrogen) atoms. The van der Waals surface area contributed by atoms with Crippen LogP contribution in [0.2, 0.25) is 10.0 Å². The van der Waals surface area contributed by atoms with Crippen LogP contribution in [0, 0.1) is 36.0 Å². The van der Waals surface area contributed by atoms with Crippen molar-refractivity contribution in [1.82, 2.24) is 25.1 Å². The fourth-order valence-corrected chi connectivity index (χ4v) is 3.74. The molecule has 182 valence electrons. The summed E-state index contributed by atoms with van der Waals surface area (Å²) in [6.07, 6.45) is 1.62. The Labute approximate surface area is 202 Å². The molecule has 0 aliphatic rings. The monoisotopic (exact) mass is 531 g/mol. The van der Waals surface area contributed by atoms with Crippen LogP contribution in [0.5, 0.6) is 5.75 Å². The van der Waals surface area contributed by atoms with Gasteiger partial charge < -0.3 is 10.4 Å². The second-order valence-corrected chi connectivity index (χ2v) is 8.08. The number of nitrogens with zero attached hydrogens (tertiary/aromatic N) is 4. The first-order valence-corrected chi connectivity index (χ1v) is 10.5. The summed E-state index contributed by atoms with van der Waals surface area (Å²) in [6, 6.07) is 2.97. The van der Waals surface area contributed by atoms with E-state index in [2.05, 4.69) is 20.5 Å². The minimum absolute atomic E-state index is 0.0418. The molecule has 4 rings (SSSR count). The number of nitrogens with one attached hydrogen (secondary N) is 1. The van der Waals surface area contributed by atoms with Crippen molar-refractivity contribution in [3.05, 3.63) is 79.1 Å². The molecule has 2 aromatic heterocycles. The Hall–Kier alpha value is -3.51. The Balaban J connectivity index is 1.55. The molecule has 0 saturated carbocycles. The number of hydrogen-bond donors (Lipinski definition) is 2. The van der Waals surface area contributed by atoms with Crippen molar-refractivity contribution in [3.63, 3.8) is 0 Å². The normalized spacial score (nSPS) is 12.1. The Morgan fingerprint density at radius 3 is 2.20 bits per heavy atom. The van der Waals surface area contributed by atoms with E-state index in [1.807, 2.05) is 0 Å². The summed E-state index contributed by atoms with van der Waals surface area (Å²) in [6.45, 7) is 1.43. The van der Waals surface area contributed by atoms with Gasteiger partial charge in [-0.3, -0.25) is 4.79 Å². The smallest absolute Gasteiger partial charge is 0.257 e. The van der Waals surface area contributed by atoms with Gasteiger partial charge in [0.15, 0.2) is 40.5 Å². The number of halogens is 7. The van der Waals surface area contributed by atoms with E-state index >= 15 is 0 Å². The maximum atomic E-state index is 13.8. The maximum Gasteiger partial charge on any atom is 0.257 e. The highest BCUT2D eigenvalue weighted by Gasteiger charge is 2.29. The van der Waals surface area contributed by atoms with Crippen molar-refractivity contribution < 1.29 is 31.9 Å². The molecule has 0 bridgehead atoms. The molecule has 0 aliphatic carbocycles. The third kappa shape index (κ3) is 4.46. The fourth-order valence-electron chi connectivity index (χ4n) is 3.23. The van der Waals surface area contributed by atoms with Crippen LogP contribution < -0.4 is 10.5 Å². The zero-order chi connectivity index (χ0) is 25.6. The van der Waals surface area contributed by atoms with Gasteiger partial charge in [0.05, 0.1) is 15.7 Å². The molecule has 0 aliphatic heterocycles. The van der Waals surface area contributed by atoms with Crippen LogP contribution in [0.4, 0.5) is 22.0 Å². The molecule has 2 aromatic carbocycles. The Bertz CT molecular complexity index is 1510. The van der Waals surface area contributed by atoms with Gasteiger partial charge in [0, 0.05) is 18.2 Å². The number of phenolic OH excluding ortho intramolecular Hbond substituents is 1. The van der Waals surface area contributed by atoms with Gasteiger partial charge in [-0.05, 0) is 30.7 Å². The minimum atomic E-state index is -2.36. The highest BCUT2D eigenvalue weighted by Crippen LogP contribution is 2.33. The third-order valence-corrected chi connectivity index (χ3v) is 5.51. The Morgan fingerprint density at radius 1 is 1.03 bits per heavy atom. The van der Waals surface area contributed by atoms with E-state index in [1.165, 1.54) is 16.8 Å². The van der Waals surface area contributed by atoms with E-state index in [9.17, 15) is 31.9 Å². The largest absolute Gasteiger partial charge is 0.505 e. The average Bonchev–Trinajstić information content (AvgIpc) is 3.32. The molecule has 2 N–H and O–H groups in total. The first-order chi connectivity index (χ1) is 16.5. The van der Waals surface area contributed by atoms with E-state index < -0.39 is 40.6 Å². The van der Waals surface area contributed by atoms with Gasteiger partial charge >= 0.3 is 0 Å². The fraction of sp³-hybridized carbons (Fsp3) is 0.143. The van der Waals surface area contributed by atoms with Crippen LogP contribution in [0.15, 0.2) is 12.1 Å². The zero-order valence-corrected chi connectivity index (χ0v) is 18.9. The summed E-state index contributed by atoms with van der Waals surface area (Å²) in [5.74, 6) is -12.8. The number of aromatic nitrogens is 4. The molecular weight excluding hydrogens is 520 g/mol. The summed E-state index contributed by atoms with van der Waals surface area (Å²) in [5, 5.41) is 20.8. The lowest BCUT2D eigenvalue weighted by Crippen LogP contribution is -2.29. The predicted octanol–water partition coefficient (Wildman–Crippen LogP) is 3.66. The number of phenols is 1. The minimum Gasteiger partial charge on any atom is -0.505 e. The van der Waals surface area contributed by atoms with Crippen LogP contribution >= 0.6 is 23.2 Å². The van der Waals surface area contributed by atoms with Gasteiger partial charge in [-0.15, -0.1) is 9.73 Å². The van der Waals surface area contributed by atoms with Crippen LogP contribution in [0.3, 0.4) is 0 Å². The summed E-state index contributed by atoms with van der Waals surface area (Å²) < 4.78 is 68.6. The number of benzene rings is 2. The van der Waals surface area contributed by atoms with Crippen LogP contribution in [-0.2, 0) is 6.42 Å². The second-order valence-electron chi connectivity index (χ2n) is 7.27. The topological polar surface area (TPSA) is 92.4 Å². The standard InChI is InChI=1S/C21H12Cl2F5N5O2/c1-7-9(4-8-5-10(22)19(34)11(23)6-8)20-30-12(32-33(20)31-7)2-3-29-21(35)13-14(24)16(26)18(28)17(27)15(13)25/h4-6,34H,2-3H2,1H3,(H,29,35). The van der Waals surface area contributed by atoms with Gasteiger partial charge in [-0.25, -0.2) is 26.9 Å².